The number of halogens is 2. The predicted octanol–water partition coefficient (Wildman–Crippen LogP) is 4.66. The first-order chi connectivity index (χ1) is 19.7. The van der Waals surface area contributed by atoms with E-state index in [1.54, 1.807) is 51.1 Å². The van der Waals surface area contributed by atoms with Crippen LogP contribution < -0.4 is 24.4 Å². The zero-order valence-corrected chi connectivity index (χ0v) is 26.9. The van der Waals surface area contributed by atoms with Crippen LogP contribution in [0.4, 0.5) is 0 Å². The van der Waals surface area contributed by atoms with Crippen molar-refractivity contribution in [3.63, 3.8) is 0 Å². The molecule has 0 unspecified atom stereocenters. The molecule has 0 aliphatic carbocycles. The predicted molar refractivity (Wildman–Crippen MR) is 162 cm³/mol. The van der Waals surface area contributed by atoms with Crippen molar-refractivity contribution < 1.29 is 28.5 Å². The van der Waals surface area contributed by atoms with Crippen molar-refractivity contribution in [2.45, 2.75) is 33.7 Å². The smallest absolute Gasteiger partial charge is 0.344 e. The molecule has 0 spiro atoms. The van der Waals surface area contributed by atoms with Crippen LogP contribution in [0.1, 0.15) is 44.9 Å². The van der Waals surface area contributed by atoms with Gasteiger partial charge in [0.05, 0.1) is 46.1 Å². The van der Waals surface area contributed by atoms with Crippen LogP contribution >= 0.6 is 43.2 Å². The van der Waals surface area contributed by atoms with Gasteiger partial charge < -0.3 is 18.9 Å². The number of ether oxygens (including phenoxy) is 4. The minimum atomic E-state index is -0.753. The lowest BCUT2D eigenvalue weighted by molar-refractivity contribution is -0.145. The average molecular weight is 708 g/mol. The van der Waals surface area contributed by atoms with E-state index >= 15 is 0 Å². The van der Waals surface area contributed by atoms with Crippen molar-refractivity contribution >= 4 is 61.2 Å². The molecule has 3 aromatic rings. The third-order valence-corrected chi connectivity index (χ3v) is 8.02. The highest BCUT2D eigenvalue weighted by molar-refractivity contribution is 9.11. The van der Waals surface area contributed by atoms with E-state index in [9.17, 15) is 14.4 Å². The molecule has 0 saturated carbocycles. The number of hydrogen-bond donors (Lipinski definition) is 0. The maximum Gasteiger partial charge on any atom is 0.344 e. The fraction of sp³-hybridized carbons (Fsp3) is 0.310. The summed E-state index contributed by atoms with van der Waals surface area (Å²) >= 11 is 8.16. The summed E-state index contributed by atoms with van der Waals surface area (Å²) < 4.78 is 24.9. The van der Waals surface area contributed by atoms with Crippen LogP contribution in [0.2, 0.25) is 0 Å². The van der Waals surface area contributed by atoms with E-state index in [2.05, 4.69) is 36.9 Å². The highest BCUT2D eigenvalue weighted by Gasteiger charge is 2.33. The van der Waals surface area contributed by atoms with E-state index in [4.69, 9.17) is 18.9 Å². The Morgan fingerprint density at radius 1 is 1.02 bits per heavy atom. The summed E-state index contributed by atoms with van der Waals surface area (Å²) in [6.07, 6.45) is 1.68. The van der Waals surface area contributed by atoms with Crippen LogP contribution in [0.5, 0.6) is 11.5 Å². The third-order valence-electron chi connectivity index (χ3n) is 5.99. The fourth-order valence-corrected chi connectivity index (χ4v) is 6.74. The summed E-state index contributed by atoms with van der Waals surface area (Å²) in [5, 5.41) is 0. The molecule has 0 N–H and O–H groups in total. The van der Waals surface area contributed by atoms with Crippen LogP contribution in [0.15, 0.2) is 66.4 Å². The SMILES string of the molecule is CCOC(=O)COc1c(Br)cc(Br)cc1/C=c1\sc2n(c1=O)[C@@H](c1ccc(OCC)cc1)C(C(=O)OCC)=C(C)N=2. The lowest BCUT2D eigenvalue weighted by Crippen LogP contribution is -2.39. The molecule has 2 heterocycles. The Kier molecular flexibility index (Phi) is 10.2. The first kappa shape index (κ1) is 30.7. The molecule has 1 aromatic heterocycles. The van der Waals surface area contributed by atoms with Crippen LogP contribution in [0.25, 0.3) is 6.08 Å². The molecular formula is C29H28Br2N2O7S. The molecule has 1 aliphatic heterocycles. The van der Waals surface area contributed by atoms with Crippen molar-refractivity contribution in [2.24, 2.45) is 4.99 Å². The van der Waals surface area contributed by atoms with Gasteiger partial charge >= 0.3 is 11.9 Å². The number of aromatic nitrogens is 1. The molecule has 0 radical (unpaired) electrons. The first-order valence-electron chi connectivity index (χ1n) is 12.9. The third kappa shape index (κ3) is 6.82. The molecule has 0 bridgehead atoms. The lowest BCUT2D eigenvalue weighted by Gasteiger charge is -2.24. The number of carbonyl (C=O) groups is 2. The van der Waals surface area contributed by atoms with Crippen LogP contribution in [-0.4, -0.2) is 42.9 Å². The zero-order chi connectivity index (χ0) is 29.7. The monoisotopic (exact) mass is 706 g/mol. The van der Waals surface area contributed by atoms with Gasteiger partial charge in [-0.2, -0.15) is 0 Å². The van der Waals surface area contributed by atoms with Gasteiger partial charge in [0.15, 0.2) is 11.4 Å². The van der Waals surface area contributed by atoms with Crippen molar-refractivity contribution in [1.29, 1.82) is 0 Å². The quantitative estimate of drug-likeness (QED) is 0.282. The molecule has 12 heteroatoms. The summed E-state index contributed by atoms with van der Waals surface area (Å²) in [6.45, 7) is 7.71. The topological polar surface area (TPSA) is 105 Å². The summed E-state index contributed by atoms with van der Waals surface area (Å²) in [5.74, 6) is 0.00798. The zero-order valence-electron chi connectivity index (χ0n) is 22.9. The molecule has 1 atom stereocenters. The number of benzene rings is 2. The van der Waals surface area contributed by atoms with Crippen molar-refractivity contribution in [2.75, 3.05) is 26.4 Å². The average Bonchev–Trinajstić information content (AvgIpc) is 3.22. The number of fused-ring (bicyclic) bond motifs is 1. The van der Waals surface area contributed by atoms with Gasteiger partial charge in [0.2, 0.25) is 0 Å². The van der Waals surface area contributed by atoms with E-state index < -0.39 is 18.0 Å². The summed E-state index contributed by atoms with van der Waals surface area (Å²) in [5.41, 5.74) is 1.69. The molecule has 0 amide bonds. The highest BCUT2D eigenvalue weighted by Crippen LogP contribution is 2.34. The number of hydrogen-bond acceptors (Lipinski definition) is 9. The molecule has 2 aromatic carbocycles. The van der Waals surface area contributed by atoms with Crippen molar-refractivity contribution in [3.8, 4) is 11.5 Å². The van der Waals surface area contributed by atoms with Crippen LogP contribution in [0, 0.1) is 0 Å². The van der Waals surface area contributed by atoms with Gasteiger partial charge in [0.25, 0.3) is 5.56 Å². The minimum Gasteiger partial charge on any atom is -0.494 e. The lowest BCUT2D eigenvalue weighted by atomic mass is 9.96. The molecular weight excluding hydrogens is 680 g/mol. The second-order valence-electron chi connectivity index (χ2n) is 8.70. The molecule has 4 rings (SSSR count). The number of allylic oxidation sites excluding steroid dienone is 1. The fourth-order valence-electron chi connectivity index (χ4n) is 4.33. The van der Waals surface area contributed by atoms with E-state index in [0.29, 0.717) is 54.3 Å². The maximum atomic E-state index is 14.0. The highest BCUT2D eigenvalue weighted by atomic mass is 79.9. The normalized spacial score (nSPS) is 14.8. The maximum absolute atomic E-state index is 14.0. The van der Waals surface area contributed by atoms with Gasteiger partial charge in [0, 0.05) is 10.0 Å². The Morgan fingerprint density at radius 2 is 1.73 bits per heavy atom. The van der Waals surface area contributed by atoms with Crippen molar-refractivity contribution in [1.82, 2.24) is 4.57 Å². The second kappa shape index (κ2) is 13.6. The van der Waals surface area contributed by atoms with Gasteiger partial charge in [-0.3, -0.25) is 9.36 Å². The largest absolute Gasteiger partial charge is 0.494 e. The second-order valence-corrected chi connectivity index (χ2v) is 11.5. The van der Waals surface area contributed by atoms with Crippen LogP contribution in [-0.2, 0) is 19.1 Å². The van der Waals surface area contributed by atoms with Gasteiger partial charge in [-0.25, -0.2) is 14.6 Å². The minimum absolute atomic E-state index is 0.183. The molecule has 0 saturated heterocycles. The number of carbonyl (C=O) groups excluding carboxylic acids is 2. The molecule has 216 valence electrons. The van der Waals surface area contributed by atoms with Gasteiger partial charge in [-0.05, 0) is 79.5 Å². The summed E-state index contributed by atoms with van der Waals surface area (Å²) in [7, 11) is 0. The van der Waals surface area contributed by atoms with Gasteiger partial charge in [-0.15, -0.1) is 0 Å². The van der Waals surface area contributed by atoms with Gasteiger partial charge in [0.1, 0.15) is 11.5 Å². The van der Waals surface area contributed by atoms with Gasteiger partial charge in [-0.1, -0.05) is 39.4 Å². The van der Waals surface area contributed by atoms with E-state index in [1.165, 1.54) is 15.9 Å². The van der Waals surface area contributed by atoms with E-state index in [1.807, 2.05) is 19.1 Å². The number of thiazole rings is 1. The van der Waals surface area contributed by atoms with Crippen LogP contribution in [0.3, 0.4) is 0 Å². The summed E-state index contributed by atoms with van der Waals surface area (Å²) in [6, 6.07) is 10.1. The van der Waals surface area contributed by atoms with Crippen molar-refractivity contribution in [3.05, 3.63) is 87.4 Å². The molecule has 0 fully saturated rings. The Bertz CT molecular complexity index is 1680. The number of nitrogens with zero attached hydrogens (tertiary/aromatic N) is 2. The Hall–Kier alpha value is -3.22. The Labute approximate surface area is 257 Å². The molecule has 9 nitrogen and oxygen atoms in total. The molecule has 41 heavy (non-hydrogen) atoms. The number of esters is 2. The van der Waals surface area contributed by atoms with E-state index in [0.717, 1.165) is 4.47 Å². The first-order valence-corrected chi connectivity index (χ1v) is 15.3. The standard InChI is InChI=1S/C29H28Br2N2O7S/c1-5-37-20-10-8-17(9-11-20)25-24(28(36)39-7-3)16(4)32-29-33(25)27(35)22(41-29)13-18-12-19(30)14-21(31)26(18)40-15-23(34)38-6-2/h8-14,25H,5-7,15H2,1-4H3/b22-13-/t25-/m0/s1. The Morgan fingerprint density at radius 3 is 2.39 bits per heavy atom. The molecule has 1 aliphatic rings. The Balaban J connectivity index is 1.88. The summed E-state index contributed by atoms with van der Waals surface area (Å²) in [4.78, 5) is 44.1. The number of rotatable bonds is 10. The van der Waals surface area contributed by atoms with E-state index in [-0.39, 0.29) is 25.4 Å².